The molecular weight excluding hydrogens is 328 g/mol. The van der Waals surface area contributed by atoms with Gasteiger partial charge < -0.3 is 10.4 Å². The summed E-state index contributed by atoms with van der Waals surface area (Å²) in [6.07, 6.45) is 1.61. The molecule has 0 atom stereocenters. The Hall–Kier alpha value is -1.67. The van der Waals surface area contributed by atoms with E-state index >= 15 is 0 Å². The molecule has 2 rings (SSSR count). The maximum atomic E-state index is 12.0. The molecule has 0 aromatic carbocycles. The molecule has 1 amide bonds. The van der Waals surface area contributed by atoms with Gasteiger partial charge in [0.1, 0.15) is 0 Å². The van der Waals surface area contributed by atoms with E-state index in [1.807, 2.05) is 31.7 Å². The van der Waals surface area contributed by atoms with Crippen LogP contribution in [0.5, 0.6) is 0 Å². The van der Waals surface area contributed by atoms with E-state index in [-0.39, 0.29) is 30.3 Å². The number of nitrogens with zero attached hydrogens (tertiary/aromatic N) is 3. The average Bonchev–Trinajstić information content (AvgIpc) is 2.45. The Morgan fingerprint density at radius 1 is 1.33 bits per heavy atom. The number of nitrogens with one attached hydrogen (secondary N) is 1. The molecule has 8 heteroatoms. The summed E-state index contributed by atoms with van der Waals surface area (Å²) < 4.78 is 0. The molecule has 1 aliphatic carbocycles. The minimum atomic E-state index is -0.811. The highest BCUT2D eigenvalue weighted by molar-refractivity contribution is 7.99. The summed E-state index contributed by atoms with van der Waals surface area (Å²) in [5.41, 5.74) is 1.79. The summed E-state index contributed by atoms with van der Waals surface area (Å²) in [6.45, 7) is 6.53. The van der Waals surface area contributed by atoms with Crippen LogP contribution in [0.2, 0.25) is 0 Å². The summed E-state index contributed by atoms with van der Waals surface area (Å²) in [4.78, 5) is 33.4. The number of thioether (sulfide) groups is 1. The molecule has 2 N–H and O–H groups in total. The van der Waals surface area contributed by atoms with Crippen LogP contribution in [0.1, 0.15) is 31.2 Å². The summed E-state index contributed by atoms with van der Waals surface area (Å²) >= 11 is 1.33. The van der Waals surface area contributed by atoms with Gasteiger partial charge in [-0.1, -0.05) is 18.7 Å². The monoisotopic (exact) mass is 352 g/mol. The predicted molar refractivity (Wildman–Crippen MR) is 92.1 cm³/mol. The van der Waals surface area contributed by atoms with Crippen molar-refractivity contribution >= 4 is 23.6 Å². The van der Waals surface area contributed by atoms with Crippen LogP contribution in [0.15, 0.2) is 11.2 Å². The number of rotatable bonds is 8. The molecule has 7 nitrogen and oxygen atoms in total. The lowest BCUT2D eigenvalue weighted by atomic mass is 9.85. The number of aryl methyl sites for hydroxylation is 2. The summed E-state index contributed by atoms with van der Waals surface area (Å²) in [6, 6.07) is 2.27. The molecule has 132 valence electrons. The number of hydrogen-bond donors (Lipinski definition) is 2. The molecule has 0 bridgehead atoms. The molecule has 1 fully saturated rings. The van der Waals surface area contributed by atoms with Crippen LogP contribution < -0.4 is 5.32 Å². The molecule has 1 heterocycles. The van der Waals surface area contributed by atoms with Crippen molar-refractivity contribution < 1.29 is 14.7 Å². The number of amides is 1. The number of likely N-dealkylation sites (N-methyl/N-ethyl adjacent to an activating group) is 1. The first-order chi connectivity index (χ1) is 11.4. The van der Waals surface area contributed by atoms with Gasteiger partial charge in [0.05, 0.1) is 12.3 Å². The Bertz CT molecular complexity index is 585. The molecule has 1 aliphatic rings. The first-order valence-corrected chi connectivity index (χ1v) is 9.06. The van der Waals surface area contributed by atoms with Gasteiger partial charge in [-0.05, 0) is 39.3 Å². The van der Waals surface area contributed by atoms with Crippen molar-refractivity contribution in [1.29, 1.82) is 0 Å². The highest BCUT2D eigenvalue weighted by Crippen LogP contribution is 2.25. The fraction of sp³-hybridized carbons (Fsp3) is 0.625. The topological polar surface area (TPSA) is 95.4 Å². The number of hydrogen-bond acceptors (Lipinski definition) is 6. The van der Waals surface area contributed by atoms with E-state index in [4.69, 9.17) is 5.11 Å². The number of carboxylic acids is 1. The van der Waals surface area contributed by atoms with Gasteiger partial charge in [-0.25, -0.2) is 9.97 Å². The van der Waals surface area contributed by atoms with E-state index < -0.39 is 5.97 Å². The average molecular weight is 352 g/mol. The Labute approximate surface area is 146 Å². The van der Waals surface area contributed by atoms with E-state index in [0.29, 0.717) is 11.7 Å². The van der Waals surface area contributed by atoms with Gasteiger partial charge in [0.25, 0.3) is 0 Å². The van der Waals surface area contributed by atoms with Gasteiger partial charge in [-0.2, -0.15) is 0 Å². The van der Waals surface area contributed by atoms with E-state index in [2.05, 4.69) is 15.3 Å². The van der Waals surface area contributed by atoms with Gasteiger partial charge in [-0.3, -0.25) is 14.5 Å². The minimum Gasteiger partial charge on any atom is -0.480 e. The smallest absolute Gasteiger partial charge is 0.317 e. The lowest BCUT2D eigenvalue weighted by Crippen LogP contribution is -2.55. The SMILES string of the molecule is CCN(CC(=O)O)C1CC(NC(=O)CSc2nc(C)cc(C)n2)C1. The van der Waals surface area contributed by atoms with Crippen LogP contribution in [-0.2, 0) is 9.59 Å². The van der Waals surface area contributed by atoms with E-state index in [1.165, 1.54) is 11.8 Å². The van der Waals surface area contributed by atoms with E-state index in [1.54, 1.807) is 0 Å². The molecule has 24 heavy (non-hydrogen) atoms. The predicted octanol–water partition coefficient (Wildman–Crippen LogP) is 1.24. The normalized spacial score (nSPS) is 19.8. The number of carbonyl (C=O) groups is 2. The zero-order valence-electron chi connectivity index (χ0n) is 14.3. The Morgan fingerprint density at radius 2 is 1.96 bits per heavy atom. The molecule has 0 radical (unpaired) electrons. The highest BCUT2D eigenvalue weighted by Gasteiger charge is 2.34. The molecule has 0 aliphatic heterocycles. The summed E-state index contributed by atoms with van der Waals surface area (Å²) in [5, 5.41) is 12.5. The zero-order chi connectivity index (χ0) is 17.7. The van der Waals surface area contributed by atoms with Crippen LogP contribution in [0.3, 0.4) is 0 Å². The lowest BCUT2D eigenvalue weighted by Gasteiger charge is -2.42. The zero-order valence-corrected chi connectivity index (χ0v) is 15.1. The van der Waals surface area contributed by atoms with Crippen molar-refractivity contribution in [1.82, 2.24) is 20.2 Å². The third-order valence-corrected chi connectivity index (χ3v) is 4.88. The van der Waals surface area contributed by atoms with Gasteiger partial charge in [0.15, 0.2) is 5.16 Å². The van der Waals surface area contributed by atoms with Crippen molar-refractivity contribution in [3.8, 4) is 0 Å². The van der Waals surface area contributed by atoms with Gasteiger partial charge in [0, 0.05) is 23.5 Å². The second-order valence-corrected chi connectivity index (χ2v) is 7.01. The molecule has 0 unspecified atom stereocenters. The van der Waals surface area contributed by atoms with Gasteiger partial charge >= 0.3 is 5.97 Å². The Morgan fingerprint density at radius 3 is 2.50 bits per heavy atom. The molecule has 1 aromatic heterocycles. The van der Waals surface area contributed by atoms with Crippen LogP contribution in [0, 0.1) is 13.8 Å². The first kappa shape index (κ1) is 18.7. The molecule has 0 saturated heterocycles. The van der Waals surface area contributed by atoms with Crippen LogP contribution in [0.25, 0.3) is 0 Å². The molecule has 0 spiro atoms. The van der Waals surface area contributed by atoms with Gasteiger partial charge in [0.2, 0.25) is 5.91 Å². The van der Waals surface area contributed by atoms with Crippen molar-refractivity contribution in [2.45, 2.75) is 50.9 Å². The second-order valence-electron chi connectivity index (χ2n) is 6.07. The maximum Gasteiger partial charge on any atom is 0.317 e. The summed E-state index contributed by atoms with van der Waals surface area (Å²) in [7, 11) is 0. The minimum absolute atomic E-state index is 0.0347. The largest absolute Gasteiger partial charge is 0.480 e. The fourth-order valence-electron chi connectivity index (χ4n) is 2.83. The number of aliphatic carboxylic acids is 1. The molecule has 1 saturated carbocycles. The van der Waals surface area contributed by atoms with E-state index in [0.717, 1.165) is 24.2 Å². The quantitative estimate of drug-likeness (QED) is 0.537. The van der Waals surface area contributed by atoms with Gasteiger partial charge in [-0.15, -0.1) is 0 Å². The summed E-state index contributed by atoms with van der Waals surface area (Å²) in [5.74, 6) is -0.557. The third-order valence-electron chi connectivity index (χ3n) is 4.03. The standard InChI is InChI=1S/C16H24N4O3S/c1-4-20(8-15(22)23)13-6-12(7-13)19-14(21)9-24-16-17-10(2)5-11(3)18-16/h5,12-13H,4,6-9H2,1-3H3,(H,19,21)(H,22,23). The number of carbonyl (C=O) groups excluding carboxylic acids is 1. The van der Waals surface area contributed by atoms with E-state index in [9.17, 15) is 9.59 Å². The van der Waals surface area contributed by atoms with Crippen LogP contribution in [0.4, 0.5) is 0 Å². The third kappa shape index (κ3) is 5.45. The van der Waals surface area contributed by atoms with Crippen molar-refractivity contribution in [2.75, 3.05) is 18.8 Å². The Kier molecular flexibility index (Phi) is 6.56. The van der Waals surface area contributed by atoms with Crippen molar-refractivity contribution in [3.63, 3.8) is 0 Å². The highest BCUT2D eigenvalue weighted by atomic mass is 32.2. The van der Waals surface area contributed by atoms with Crippen molar-refractivity contribution in [3.05, 3.63) is 17.5 Å². The van der Waals surface area contributed by atoms with Crippen LogP contribution >= 0.6 is 11.8 Å². The molecular formula is C16H24N4O3S. The number of carboxylic acid groups (broad SMARTS) is 1. The Balaban J connectivity index is 1.71. The fourth-order valence-corrected chi connectivity index (χ4v) is 3.59. The van der Waals surface area contributed by atoms with Crippen LogP contribution in [-0.4, -0.2) is 62.8 Å². The second kappa shape index (κ2) is 8.43. The lowest BCUT2D eigenvalue weighted by molar-refractivity contribution is -0.139. The first-order valence-electron chi connectivity index (χ1n) is 8.07. The maximum absolute atomic E-state index is 12.0. The van der Waals surface area contributed by atoms with Crippen molar-refractivity contribution in [2.24, 2.45) is 0 Å². The molecule has 1 aromatic rings. The number of aromatic nitrogens is 2.